The van der Waals surface area contributed by atoms with Crippen molar-refractivity contribution in [3.63, 3.8) is 0 Å². The number of nitrogens with zero attached hydrogens (tertiary/aromatic N) is 4. The zero-order valence-electron chi connectivity index (χ0n) is 15.1. The van der Waals surface area contributed by atoms with Gasteiger partial charge in [-0.15, -0.1) is 6.58 Å². The third-order valence-corrected chi connectivity index (χ3v) is 5.01. The van der Waals surface area contributed by atoms with E-state index in [9.17, 15) is 25.0 Å². The lowest BCUT2D eigenvalue weighted by molar-refractivity contribution is -0.394. The highest BCUT2D eigenvalue weighted by Crippen LogP contribution is 2.25. The molecule has 0 unspecified atom stereocenters. The lowest BCUT2D eigenvalue weighted by Crippen LogP contribution is -2.16. The first-order valence-corrected chi connectivity index (χ1v) is 8.97. The lowest BCUT2D eigenvalue weighted by atomic mass is 10.1. The largest absolute Gasteiger partial charge is 0.497 e. The van der Waals surface area contributed by atoms with E-state index in [4.69, 9.17) is 4.74 Å². The topological polar surface area (TPSA) is 130 Å². The summed E-state index contributed by atoms with van der Waals surface area (Å²) in [6.07, 6.45) is 1.64. The molecule has 3 rings (SSSR count). The van der Waals surface area contributed by atoms with Crippen LogP contribution in [-0.4, -0.2) is 27.4 Å². The van der Waals surface area contributed by atoms with E-state index in [2.05, 4.69) is 11.6 Å². The number of ether oxygens (including phenoxy) is 1. The molecule has 1 heterocycles. The van der Waals surface area contributed by atoms with Crippen molar-refractivity contribution >= 4 is 38.8 Å². The van der Waals surface area contributed by atoms with Crippen molar-refractivity contribution in [3.8, 4) is 5.75 Å². The highest BCUT2D eigenvalue weighted by Gasteiger charge is 2.20. The normalized spacial score (nSPS) is 11.4. The van der Waals surface area contributed by atoms with Crippen molar-refractivity contribution in [3.05, 3.63) is 79.6 Å². The number of non-ortho nitro benzene ring substituents is 2. The third kappa shape index (κ3) is 4.04. The van der Waals surface area contributed by atoms with Gasteiger partial charge >= 0.3 is 0 Å². The Morgan fingerprint density at radius 3 is 2.41 bits per heavy atom. The van der Waals surface area contributed by atoms with Gasteiger partial charge in [0.15, 0.2) is 4.80 Å². The van der Waals surface area contributed by atoms with E-state index in [1.165, 1.54) is 18.4 Å². The van der Waals surface area contributed by atoms with Gasteiger partial charge in [-0.25, -0.2) is 0 Å². The first-order valence-electron chi connectivity index (χ1n) is 8.15. The Morgan fingerprint density at radius 2 is 1.86 bits per heavy atom. The molecule has 0 aliphatic heterocycles. The van der Waals surface area contributed by atoms with Gasteiger partial charge in [0.25, 0.3) is 17.3 Å². The molecule has 0 fully saturated rings. The molecule has 2 aromatic carbocycles. The fourth-order valence-electron chi connectivity index (χ4n) is 2.65. The molecular formula is C18H14N4O6S. The summed E-state index contributed by atoms with van der Waals surface area (Å²) in [6, 6.07) is 8.10. The van der Waals surface area contributed by atoms with Gasteiger partial charge in [0.1, 0.15) is 5.75 Å². The Morgan fingerprint density at radius 1 is 1.21 bits per heavy atom. The van der Waals surface area contributed by atoms with Gasteiger partial charge in [-0.2, -0.15) is 4.99 Å². The fourth-order valence-corrected chi connectivity index (χ4v) is 3.72. The van der Waals surface area contributed by atoms with E-state index >= 15 is 0 Å². The lowest BCUT2D eigenvalue weighted by Gasteiger charge is -2.02. The summed E-state index contributed by atoms with van der Waals surface area (Å²) in [4.78, 5) is 37.5. The van der Waals surface area contributed by atoms with Crippen LogP contribution in [-0.2, 0) is 6.54 Å². The number of nitro benzene ring substituents is 2. The monoisotopic (exact) mass is 414 g/mol. The highest BCUT2D eigenvalue weighted by atomic mass is 32.1. The van der Waals surface area contributed by atoms with E-state index in [0.29, 0.717) is 17.1 Å². The zero-order chi connectivity index (χ0) is 21.1. The van der Waals surface area contributed by atoms with Crippen molar-refractivity contribution in [1.29, 1.82) is 0 Å². The zero-order valence-corrected chi connectivity index (χ0v) is 15.9. The number of allylic oxidation sites excluding steroid dienone is 1. The molecule has 1 amide bonds. The van der Waals surface area contributed by atoms with Crippen LogP contribution >= 0.6 is 11.3 Å². The summed E-state index contributed by atoms with van der Waals surface area (Å²) in [5.41, 5.74) is -0.561. The van der Waals surface area contributed by atoms with Crippen molar-refractivity contribution in [2.75, 3.05) is 7.11 Å². The summed E-state index contributed by atoms with van der Waals surface area (Å²) < 4.78 is 7.76. The minimum absolute atomic E-state index is 0.244. The van der Waals surface area contributed by atoms with Crippen LogP contribution in [0.25, 0.3) is 10.2 Å². The van der Waals surface area contributed by atoms with Crippen LogP contribution in [0.15, 0.2) is 54.0 Å². The van der Waals surface area contributed by atoms with E-state index in [1.807, 2.05) is 6.07 Å². The summed E-state index contributed by atoms with van der Waals surface area (Å²) in [7, 11) is 1.54. The number of benzene rings is 2. The van der Waals surface area contributed by atoms with E-state index < -0.39 is 27.1 Å². The third-order valence-electron chi connectivity index (χ3n) is 3.97. The Hall–Kier alpha value is -3.86. The minimum atomic E-state index is -0.826. The minimum Gasteiger partial charge on any atom is -0.497 e. The van der Waals surface area contributed by atoms with Crippen LogP contribution in [0, 0.1) is 20.2 Å². The molecule has 0 N–H and O–H groups in total. The van der Waals surface area contributed by atoms with Crippen LogP contribution < -0.4 is 9.54 Å². The first-order chi connectivity index (χ1) is 13.8. The van der Waals surface area contributed by atoms with Gasteiger partial charge in [-0.1, -0.05) is 17.4 Å². The van der Waals surface area contributed by atoms with Crippen molar-refractivity contribution < 1.29 is 19.4 Å². The second-order valence-electron chi connectivity index (χ2n) is 5.79. The van der Waals surface area contributed by atoms with E-state index in [-0.39, 0.29) is 5.56 Å². The maximum atomic E-state index is 12.7. The van der Waals surface area contributed by atoms with Crippen LogP contribution in [0.2, 0.25) is 0 Å². The number of thiazole rings is 1. The number of carbonyl (C=O) groups is 1. The van der Waals surface area contributed by atoms with Gasteiger partial charge < -0.3 is 9.30 Å². The Bertz CT molecular complexity index is 1190. The van der Waals surface area contributed by atoms with Gasteiger partial charge in [-0.3, -0.25) is 25.0 Å². The second-order valence-corrected chi connectivity index (χ2v) is 6.80. The molecule has 0 saturated heterocycles. The van der Waals surface area contributed by atoms with Gasteiger partial charge in [0, 0.05) is 18.7 Å². The maximum absolute atomic E-state index is 12.7. The van der Waals surface area contributed by atoms with E-state index in [0.717, 1.165) is 28.4 Å². The molecular weight excluding hydrogens is 400 g/mol. The number of carbonyl (C=O) groups excluding carboxylic acids is 1. The predicted molar refractivity (Wildman–Crippen MR) is 106 cm³/mol. The molecule has 1 aromatic heterocycles. The fraction of sp³-hybridized carbons (Fsp3) is 0.111. The van der Waals surface area contributed by atoms with Crippen LogP contribution in [0.3, 0.4) is 0 Å². The molecule has 0 spiro atoms. The Kier molecular flexibility index (Phi) is 5.50. The number of rotatable bonds is 6. The van der Waals surface area contributed by atoms with Crippen LogP contribution in [0.5, 0.6) is 5.75 Å². The molecule has 0 aliphatic carbocycles. The summed E-state index contributed by atoms with van der Waals surface area (Å²) in [5.74, 6) is -0.190. The highest BCUT2D eigenvalue weighted by molar-refractivity contribution is 7.16. The molecule has 0 radical (unpaired) electrons. The van der Waals surface area contributed by atoms with Crippen LogP contribution in [0.4, 0.5) is 11.4 Å². The quantitative estimate of drug-likeness (QED) is 0.345. The van der Waals surface area contributed by atoms with Gasteiger partial charge in [0.2, 0.25) is 0 Å². The van der Waals surface area contributed by atoms with Gasteiger partial charge in [-0.05, 0) is 18.2 Å². The number of fused-ring (bicyclic) bond motifs is 1. The number of methoxy groups -OCH3 is 1. The first kappa shape index (κ1) is 19.9. The second kappa shape index (κ2) is 8.02. The van der Waals surface area contributed by atoms with Crippen molar-refractivity contribution in [2.45, 2.75) is 6.54 Å². The number of nitro groups is 2. The van der Waals surface area contributed by atoms with Crippen molar-refractivity contribution in [1.82, 2.24) is 4.57 Å². The molecule has 148 valence electrons. The van der Waals surface area contributed by atoms with Crippen LogP contribution in [0.1, 0.15) is 10.4 Å². The molecule has 11 heteroatoms. The number of aromatic nitrogens is 1. The number of hydrogen-bond donors (Lipinski definition) is 0. The molecule has 0 bridgehead atoms. The van der Waals surface area contributed by atoms with Crippen molar-refractivity contribution in [2.24, 2.45) is 4.99 Å². The van der Waals surface area contributed by atoms with Gasteiger partial charge in [0.05, 0.1) is 38.8 Å². The smallest absolute Gasteiger partial charge is 0.280 e. The molecule has 10 nitrogen and oxygen atoms in total. The maximum Gasteiger partial charge on any atom is 0.280 e. The molecule has 0 saturated carbocycles. The number of hydrogen-bond acceptors (Lipinski definition) is 7. The standard InChI is InChI=1S/C18H14N4O6S/c1-3-6-20-15-5-4-14(28-2)10-16(15)29-18(20)19-17(23)11-7-12(21(24)25)9-13(8-11)22(26)27/h3-5,7-10H,1,6H2,2H3. The van der Waals surface area contributed by atoms with E-state index in [1.54, 1.807) is 22.8 Å². The molecule has 3 aromatic rings. The summed E-state index contributed by atoms with van der Waals surface area (Å²) >= 11 is 1.22. The SMILES string of the molecule is C=CCn1c(=NC(=O)c2cc([N+](=O)[O-])cc([N+](=O)[O-])c2)sc2cc(OC)ccc21. The number of amides is 1. The molecule has 29 heavy (non-hydrogen) atoms. The molecule has 0 atom stereocenters. The molecule has 0 aliphatic rings. The predicted octanol–water partition coefficient (Wildman–Crippen LogP) is 3.45. The Labute approximate surface area is 167 Å². The average Bonchev–Trinajstić information content (AvgIpc) is 3.03. The Balaban J connectivity index is 2.17. The summed E-state index contributed by atoms with van der Waals surface area (Å²) in [6.45, 7) is 4.07. The average molecular weight is 414 g/mol. The summed E-state index contributed by atoms with van der Waals surface area (Å²) in [5, 5.41) is 22.1.